The molecule has 0 fully saturated rings. The number of aromatic amines is 1. The summed E-state index contributed by atoms with van der Waals surface area (Å²) in [7, 11) is 0. The van der Waals surface area contributed by atoms with E-state index in [9.17, 15) is 29.4 Å². The Kier molecular flexibility index (Phi) is 10.6. The number of hydrogen-bond donors (Lipinski definition) is 8. The molecule has 0 radical (unpaired) electrons. The minimum Gasteiger partial charge on any atom is -0.480 e. The summed E-state index contributed by atoms with van der Waals surface area (Å²) in [4.78, 5) is 52.8. The Balaban J connectivity index is 2.24. The minimum atomic E-state index is -1.35. The van der Waals surface area contributed by atoms with Crippen molar-refractivity contribution in [2.45, 2.75) is 50.9 Å². The lowest BCUT2D eigenvalue weighted by Crippen LogP contribution is -2.59. The van der Waals surface area contributed by atoms with E-state index < -0.39 is 54.5 Å². The fourth-order valence-corrected chi connectivity index (χ4v) is 3.68. The van der Waals surface area contributed by atoms with Crippen LogP contribution in [0.4, 0.5) is 0 Å². The molecule has 35 heavy (non-hydrogen) atoms. The van der Waals surface area contributed by atoms with Gasteiger partial charge in [0, 0.05) is 29.3 Å². The number of aliphatic hydroxyl groups is 1. The second-order valence-corrected chi connectivity index (χ2v) is 8.73. The number of thiol groups is 1. The fourth-order valence-electron chi connectivity index (χ4n) is 3.43. The van der Waals surface area contributed by atoms with Gasteiger partial charge in [0.15, 0.2) is 0 Å². The number of hydrogen-bond acceptors (Lipinski definition) is 7. The molecule has 5 unspecified atom stereocenters. The highest BCUT2D eigenvalue weighted by atomic mass is 32.1. The van der Waals surface area contributed by atoms with E-state index >= 15 is 0 Å². The molecule has 0 aliphatic rings. The van der Waals surface area contributed by atoms with Crippen LogP contribution in [0.25, 0.3) is 10.9 Å². The second kappa shape index (κ2) is 13.1. The topological polar surface area (TPSA) is 187 Å². The fraction of sp³-hybridized carbons (Fsp3) is 0.478. The average Bonchev–Trinajstić information content (AvgIpc) is 3.26. The molecule has 1 aromatic heterocycles. The first-order chi connectivity index (χ1) is 16.6. The van der Waals surface area contributed by atoms with Crippen LogP contribution in [0.3, 0.4) is 0 Å². The summed E-state index contributed by atoms with van der Waals surface area (Å²) in [5, 5.41) is 27.1. The summed E-state index contributed by atoms with van der Waals surface area (Å²) >= 11 is 3.95. The van der Waals surface area contributed by atoms with Gasteiger partial charge in [-0.3, -0.25) is 14.4 Å². The number of fused-ring (bicyclic) bond motifs is 1. The van der Waals surface area contributed by atoms with E-state index in [2.05, 4.69) is 33.6 Å². The van der Waals surface area contributed by atoms with Crippen LogP contribution in [0.15, 0.2) is 30.5 Å². The third kappa shape index (κ3) is 7.44. The normalized spacial score (nSPS) is 15.5. The van der Waals surface area contributed by atoms with Gasteiger partial charge in [-0.2, -0.15) is 12.6 Å². The van der Waals surface area contributed by atoms with Crippen LogP contribution in [0.5, 0.6) is 0 Å². The van der Waals surface area contributed by atoms with Crippen molar-refractivity contribution in [1.29, 1.82) is 0 Å². The van der Waals surface area contributed by atoms with Crippen molar-refractivity contribution in [1.82, 2.24) is 20.9 Å². The number of benzene rings is 1. The molecule has 0 saturated carbocycles. The highest BCUT2D eigenvalue weighted by Gasteiger charge is 2.31. The van der Waals surface area contributed by atoms with Crippen LogP contribution in [-0.2, 0) is 25.6 Å². The van der Waals surface area contributed by atoms with Crippen LogP contribution >= 0.6 is 12.6 Å². The first-order valence-corrected chi connectivity index (χ1v) is 11.9. The summed E-state index contributed by atoms with van der Waals surface area (Å²) in [5.74, 6) is -3.74. The molecule has 8 N–H and O–H groups in total. The largest absolute Gasteiger partial charge is 0.480 e. The SMILES string of the molecule is CCC(C)C(N)C(=O)NC(CO)C(=O)NC(Cc1c[nH]c2ccccc12)C(=O)NC(CS)C(=O)O. The molecule has 11 nitrogen and oxygen atoms in total. The van der Waals surface area contributed by atoms with Crippen molar-refractivity contribution in [2.75, 3.05) is 12.4 Å². The van der Waals surface area contributed by atoms with Gasteiger partial charge in [-0.15, -0.1) is 0 Å². The van der Waals surface area contributed by atoms with Crippen LogP contribution in [-0.4, -0.2) is 75.4 Å². The highest BCUT2D eigenvalue weighted by molar-refractivity contribution is 7.80. The molecule has 192 valence electrons. The first kappa shape index (κ1) is 28.1. The van der Waals surface area contributed by atoms with Crippen LogP contribution in [0.2, 0.25) is 0 Å². The van der Waals surface area contributed by atoms with Gasteiger partial charge in [0.2, 0.25) is 17.7 Å². The maximum atomic E-state index is 13.0. The third-order valence-corrected chi connectivity index (χ3v) is 6.27. The molecular weight excluding hydrogens is 474 g/mol. The number of carbonyl (C=O) groups is 4. The molecule has 0 spiro atoms. The Morgan fingerprint density at radius 1 is 1.03 bits per heavy atom. The van der Waals surface area contributed by atoms with E-state index in [1.807, 2.05) is 31.2 Å². The van der Waals surface area contributed by atoms with Gasteiger partial charge in [-0.1, -0.05) is 38.5 Å². The Hall–Kier alpha value is -3.09. The molecule has 1 aromatic carbocycles. The Morgan fingerprint density at radius 3 is 2.23 bits per heavy atom. The molecule has 0 saturated heterocycles. The van der Waals surface area contributed by atoms with Gasteiger partial charge >= 0.3 is 5.97 Å². The zero-order chi connectivity index (χ0) is 26.1. The number of carbonyl (C=O) groups excluding carboxylic acids is 3. The van der Waals surface area contributed by atoms with E-state index in [1.165, 1.54) is 0 Å². The number of nitrogens with two attached hydrogens (primary N) is 1. The predicted octanol–water partition coefficient (Wildman–Crippen LogP) is -0.455. The predicted molar refractivity (Wildman–Crippen MR) is 134 cm³/mol. The Labute approximate surface area is 208 Å². The number of aliphatic hydroxyl groups excluding tert-OH is 1. The lowest BCUT2D eigenvalue weighted by atomic mass is 9.99. The number of H-pyrrole nitrogens is 1. The lowest BCUT2D eigenvalue weighted by Gasteiger charge is -2.25. The molecule has 12 heteroatoms. The summed E-state index contributed by atoms with van der Waals surface area (Å²) < 4.78 is 0. The van der Waals surface area contributed by atoms with Crippen molar-refractivity contribution >= 4 is 47.2 Å². The number of rotatable bonds is 13. The minimum absolute atomic E-state index is 0.0268. The maximum Gasteiger partial charge on any atom is 0.327 e. The van der Waals surface area contributed by atoms with E-state index in [0.29, 0.717) is 12.0 Å². The van der Waals surface area contributed by atoms with Gasteiger partial charge in [0.05, 0.1) is 12.6 Å². The molecule has 1 heterocycles. The number of carboxylic acid groups (broad SMARTS) is 1. The number of amides is 3. The molecule has 0 aliphatic carbocycles. The van der Waals surface area contributed by atoms with E-state index in [1.54, 1.807) is 13.1 Å². The summed E-state index contributed by atoms with van der Waals surface area (Å²) in [6, 6.07) is 2.68. The van der Waals surface area contributed by atoms with Gasteiger partial charge in [-0.05, 0) is 17.5 Å². The summed E-state index contributed by atoms with van der Waals surface area (Å²) in [6.45, 7) is 2.94. The van der Waals surface area contributed by atoms with Crippen LogP contribution < -0.4 is 21.7 Å². The second-order valence-electron chi connectivity index (χ2n) is 8.36. The molecule has 2 aromatic rings. The van der Waals surface area contributed by atoms with Gasteiger partial charge in [0.25, 0.3) is 0 Å². The van der Waals surface area contributed by atoms with Crippen LogP contribution in [0, 0.1) is 5.92 Å². The number of aromatic nitrogens is 1. The van der Waals surface area contributed by atoms with Crippen molar-refractivity contribution in [2.24, 2.45) is 11.7 Å². The van der Waals surface area contributed by atoms with E-state index in [0.717, 1.165) is 10.9 Å². The van der Waals surface area contributed by atoms with E-state index in [-0.39, 0.29) is 18.1 Å². The Bertz CT molecular complexity index is 1040. The van der Waals surface area contributed by atoms with Crippen LogP contribution in [0.1, 0.15) is 25.8 Å². The highest BCUT2D eigenvalue weighted by Crippen LogP contribution is 2.19. The maximum absolute atomic E-state index is 13.0. The molecule has 3 amide bonds. The quantitative estimate of drug-likeness (QED) is 0.169. The number of nitrogens with one attached hydrogen (secondary N) is 4. The molecular formula is C23H33N5O6S. The smallest absolute Gasteiger partial charge is 0.327 e. The number of carboxylic acids is 1. The Morgan fingerprint density at radius 2 is 1.63 bits per heavy atom. The molecule has 0 aliphatic heterocycles. The van der Waals surface area contributed by atoms with Crippen molar-refractivity contribution in [3.8, 4) is 0 Å². The number of para-hydroxylation sites is 1. The monoisotopic (exact) mass is 507 g/mol. The van der Waals surface area contributed by atoms with Gasteiger partial charge in [0.1, 0.15) is 18.1 Å². The first-order valence-electron chi connectivity index (χ1n) is 11.3. The molecule has 5 atom stereocenters. The number of aliphatic carboxylic acids is 1. The zero-order valence-corrected chi connectivity index (χ0v) is 20.5. The third-order valence-electron chi connectivity index (χ3n) is 5.90. The van der Waals surface area contributed by atoms with Crippen molar-refractivity contribution in [3.05, 3.63) is 36.0 Å². The van der Waals surface area contributed by atoms with Crippen molar-refractivity contribution < 1.29 is 29.4 Å². The van der Waals surface area contributed by atoms with E-state index in [4.69, 9.17) is 5.73 Å². The van der Waals surface area contributed by atoms with Gasteiger partial charge < -0.3 is 36.9 Å². The molecule has 2 rings (SSSR count). The standard InChI is InChI=1S/C23H33N5O6S/c1-3-12(2)19(24)22(32)27-17(10-29)21(31)26-16(20(30)28-18(11-35)23(33)34)8-13-9-25-15-7-5-4-6-14(13)15/h4-7,9,12,16-19,25,29,35H,3,8,10-11,24H2,1-2H3,(H,26,31)(H,27,32)(H,28,30)(H,33,34). The summed E-state index contributed by atoms with van der Waals surface area (Å²) in [6.07, 6.45) is 2.37. The molecule has 0 bridgehead atoms. The average molecular weight is 508 g/mol. The summed E-state index contributed by atoms with van der Waals surface area (Å²) in [5.41, 5.74) is 7.45. The zero-order valence-electron chi connectivity index (χ0n) is 19.7. The van der Waals surface area contributed by atoms with Crippen molar-refractivity contribution in [3.63, 3.8) is 0 Å². The van der Waals surface area contributed by atoms with Gasteiger partial charge in [-0.25, -0.2) is 4.79 Å². The lowest BCUT2D eigenvalue weighted by molar-refractivity contribution is -0.141.